The number of nitrogens with one attached hydrogen (secondary N) is 2. The molecule has 2 N–H and O–H groups in total. The van der Waals surface area contributed by atoms with Crippen molar-refractivity contribution in [3.05, 3.63) is 17.3 Å². The van der Waals surface area contributed by atoms with Crippen LogP contribution in [0, 0.1) is 0 Å². The summed E-state index contributed by atoms with van der Waals surface area (Å²) in [6, 6.07) is 0.407. The molecule has 10 nitrogen and oxygen atoms in total. The third kappa shape index (κ3) is 3.12. The Bertz CT molecular complexity index is 957. The van der Waals surface area contributed by atoms with Crippen LogP contribution >= 0.6 is 0 Å². The second-order valence-corrected chi connectivity index (χ2v) is 6.92. The van der Waals surface area contributed by atoms with E-state index in [-0.39, 0.29) is 18.2 Å². The number of aromatic nitrogens is 4. The minimum Gasteiger partial charge on any atom is -0.378 e. The predicted molar refractivity (Wildman–Crippen MR) is 96.2 cm³/mol. The van der Waals surface area contributed by atoms with Crippen molar-refractivity contribution in [1.29, 1.82) is 0 Å². The lowest BCUT2D eigenvalue weighted by atomic mass is 10.1. The van der Waals surface area contributed by atoms with Crippen molar-refractivity contribution >= 4 is 35.4 Å². The largest absolute Gasteiger partial charge is 0.378 e. The first-order valence-electron chi connectivity index (χ1n) is 9.07. The maximum absolute atomic E-state index is 11.9. The number of carbonyl (C=O) groups is 2. The summed E-state index contributed by atoms with van der Waals surface area (Å²) < 4.78 is 7.07. The van der Waals surface area contributed by atoms with Crippen LogP contribution in [0.1, 0.15) is 24.8 Å². The molecule has 1 aliphatic carbocycles. The molecule has 0 atom stereocenters. The van der Waals surface area contributed by atoms with E-state index in [1.165, 1.54) is 0 Å². The van der Waals surface area contributed by atoms with Crippen LogP contribution in [0.3, 0.4) is 0 Å². The Balaban J connectivity index is 1.58. The first-order chi connectivity index (χ1) is 13.2. The Morgan fingerprint density at radius 1 is 1.22 bits per heavy atom. The molecule has 3 fully saturated rings. The highest BCUT2D eigenvalue weighted by Gasteiger charge is 2.27. The second-order valence-electron chi connectivity index (χ2n) is 6.92. The van der Waals surface area contributed by atoms with E-state index in [1.54, 1.807) is 16.8 Å². The lowest BCUT2D eigenvalue weighted by Gasteiger charge is -2.27. The van der Waals surface area contributed by atoms with Crippen LogP contribution in [0.15, 0.2) is 11.8 Å². The summed E-state index contributed by atoms with van der Waals surface area (Å²) in [5, 5.41) is 10.1. The van der Waals surface area contributed by atoms with Gasteiger partial charge in [0.15, 0.2) is 5.65 Å². The Hall–Kier alpha value is -3.01. The minimum absolute atomic E-state index is 0.0742. The van der Waals surface area contributed by atoms with Crippen LogP contribution in [0.2, 0.25) is 0 Å². The van der Waals surface area contributed by atoms with Gasteiger partial charge in [0.05, 0.1) is 25.8 Å². The summed E-state index contributed by atoms with van der Waals surface area (Å²) >= 11 is 0. The molecule has 0 aromatic carbocycles. The SMILES string of the molecule is O=C1C/C(=C\c2cnn3c(NC4CC4)nc(N4CCOCC4)nc23)C(=O)N1. The van der Waals surface area contributed by atoms with Gasteiger partial charge in [-0.1, -0.05) is 0 Å². The van der Waals surface area contributed by atoms with Gasteiger partial charge in [0.1, 0.15) is 0 Å². The van der Waals surface area contributed by atoms with E-state index in [2.05, 4.69) is 25.6 Å². The highest BCUT2D eigenvalue weighted by atomic mass is 16.5. The number of carbonyl (C=O) groups excluding carboxylic acids is 2. The average molecular weight is 369 g/mol. The van der Waals surface area contributed by atoms with Crippen LogP contribution in [0.4, 0.5) is 11.9 Å². The van der Waals surface area contributed by atoms with Gasteiger partial charge in [0, 0.05) is 30.3 Å². The number of imide groups is 1. The van der Waals surface area contributed by atoms with Crippen molar-refractivity contribution < 1.29 is 14.3 Å². The maximum Gasteiger partial charge on any atom is 0.254 e. The molecule has 0 radical (unpaired) electrons. The van der Waals surface area contributed by atoms with Crippen LogP contribution in [0.5, 0.6) is 0 Å². The molecule has 3 aliphatic rings. The van der Waals surface area contributed by atoms with Gasteiger partial charge in [0.25, 0.3) is 5.91 Å². The number of anilines is 2. The Labute approximate surface area is 154 Å². The molecule has 2 aromatic heterocycles. The number of ether oxygens (including phenoxy) is 1. The summed E-state index contributed by atoms with van der Waals surface area (Å²) in [6.45, 7) is 2.72. The molecule has 27 heavy (non-hydrogen) atoms. The molecule has 2 amide bonds. The lowest BCUT2D eigenvalue weighted by molar-refractivity contribution is -0.124. The van der Waals surface area contributed by atoms with E-state index < -0.39 is 0 Å². The van der Waals surface area contributed by atoms with Gasteiger partial charge in [-0.3, -0.25) is 14.9 Å². The third-order valence-corrected chi connectivity index (χ3v) is 4.81. The summed E-state index contributed by atoms with van der Waals surface area (Å²) in [4.78, 5) is 34.8. The number of amides is 2. The minimum atomic E-state index is -0.363. The average Bonchev–Trinajstić information content (AvgIpc) is 3.31. The van der Waals surface area contributed by atoms with E-state index in [4.69, 9.17) is 9.72 Å². The number of hydrogen-bond donors (Lipinski definition) is 2. The number of fused-ring (bicyclic) bond motifs is 1. The zero-order valence-corrected chi connectivity index (χ0v) is 14.6. The Morgan fingerprint density at radius 3 is 2.74 bits per heavy atom. The maximum atomic E-state index is 11.9. The van der Waals surface area contributed by atoms with Crippen molar-refractivity contribution in [2.75, 3.05) is 36.5 Å². The van der Waals surface area contributed by atoms with Crippen molar-refractivity contribution in [3.63, 3.8) is 0 Å². The monoisotopic (exact) mass is 369 g/mol. The van der Waals surface area contributed by atoms with Gasteiger partial charge in [0.2, 0.25) is 17.8 Å². The van der Waals surface area contributed by atoms with Gasteiger partial charge in [-0.15, -0.1) is 0 Å². The number of morpholine rings is 1. The first-order valence-corrected chi connectivity index (χ1v) is 9.07. The molecule has 5 rings (SSSR count). The zero-order valence-electron chi connectivity index (χ0n) is 14.6. The molecule has 2 saturated heterocycles. The van der Waals surface area contributed by atoms with E-state index in [0.717, 1.165) is 25.9 Å². The number of rotatable bonds is 4. The molecule has 2 aromatic rings. The van der Waals surface area contributed by atoms with Crippen LogP contribution in [-0.2, 0) is 14.3 Å². The van der Waals surface area contributed by atoms with Crippen molar-refractivity contribution in [1.82, 2.24) is 24.9 Å². The Morgan fingerprint density at radius 2 is 2.04 bits per heavy atom. The van der Waals surface area contributed by atoms with Crippen molar-refractivity contribution in [2.24, 2.45) is 0 Å². The first kappa shape index (κ1) is 16.2. The molecule has 0 spiro atoms. The topological polar surface area (TPSA) is 114 Å². The molecular weight excluding hydrogens is 350 g/mol. The van der Waals surface area contributed by atoms with Crippen LogP contribution in [0.25, 0.3) is 11.7 Å². The fraction of sp³-hybridized carbons (Fsp3) is 0.471. The molecule has 0 bridgehead atoms. The highest BCUT2D eigenvalue weighted by Crippen LogP contribution is 2.27. The summed E-state index contributed by atoms with van der Waals surface area (Å²) in [5.41, 5.74) is 1.71. The van der Waals surface area contributed by atoms with Gasteiger partial charge in [-0.2, -0.15) is 19.6 Å². The number of hydrogen-bond acceptors (Lipinski definition) is 8. The molecule has 10 heteroatoms. The smallest absolute Gasteiger partial charge is 0.254 e. The highest BCUT2D eigenvalue weighted by molar-refractivity contribution is 6.15. The summed E-state index contributed by atoms with van der Waals surface area (Å²) in [6.07, 6.45) is 5.62. The van der Waals surface area contributed by atoms with Gasteiger partial charge in [-0.25, -0.2) is 0 Å². The molecule has 4 heterocycles. The molecular formula is C17H19N7O3. The molecule has 2 aliphatic heterocycles. The summed E-state index contributed by atoms with van der Waals surface area (Å²) in [5.74, 6) is 0.599. The van der Waals surface area contributed by atoms with E-state index in [0.29, 0.717) is 47.9 Å². The normalized spacial score (nSPS) is 21.9. The van der Waals surface area contributed by atoms with Gasteiger partial charge < -0.3 is 15.0 Å². The zero-order chi connectivity index (χ0) is 18.4. The molecule has 0 unspecified atom stereocenters. The predicted octanol–water partition coefficient (Wildman–Crippen LogP) is -0.0349. The Kier molecular flexibility index (Phi) is 3.78. The molecule has 140 valence electrons. The lowest BCUT2D eigenvalue weighted by Crippen LogP contribution is -2.37. The second kappa shape index (κ2) is 6.31. The van der Waals surface area contributed by atoms with Gasteiger partial charge >= 0.3 is 0 Å². The van der Waals surface area contributed by atoms with E-state index in [1.807, 2.05) is 0 Å². The fourth-order valence-electron chi connectivity index (χ4n) is 3.20. The third-order valence-electron chi connectivity index (χ3n) is 4.81. The summed E-state index contributed by atoms with van der Waals surface area (Å²) in [7, 11) is 0. The quantitative estimate of drug-likeness (QED) is 0.570. The van der Waals surface area contributed by atoms with Gasteiger partial charge in [-0.05, 0) is 18.9 Å². The van der Waals surface area contributed by atoms with Crippen LogP contribution in [-0.4, -0.2) is 63.7 Å². The fourth-order valence-corrected chi connectivity index (χ4v) is 3.20. The van der Waals surface area contributed by atoms with Crippen LogP contribution < -0.4 is 15.5 Å². The van der Waals surface area contributed by atoms with E-state index in [9.17, 15) is 9.59 Å². The molecule has 1 saturated carbocycles. The van der Waals surface area contributed by atoms with Crippen molar-refractivity contribution in [2.45, 2.75) is 25.3 Å². The van der Waals surface area contributed by atoms with Crippen molar-refractivity contribution in [3.8, 4) is 0 Å². The van der Waals surface area contributed by atoms with E-state index >= 15 is 0 Å². The standard InChI is InChI=1S/C17H19N7O3/c25-13-8-10(15(26)20-13)7-11-9-18-24-14(11)21-16(23-3-5-27-6-4-23)22-17(24)19-12-1-2-12/h7,9,12H,1-6,8H2,(H,19,21,22)(H,20,25,26)/b10-7+. The number of nitrogens with zero attached hydrogens (tertiary/aromatic N) is 5.